The van der Waals surface area contributed by atoms with Crippen molar-refractivity contribution in [2.45, 2.75) is 132 Å². The molecule has 228 valence electrons. The number of Topliss-reactive ketones (excluding diaryl/α,β-unsaturated/α-hetero) is 2. The lowest BCUT2D eigenvalue weighted by atomic mass is 9.76. The molecule has 2 aliphatic carbocycles. The average molecular weight is 569 g/mol. The second-order valence-corrected chi connectivity index (χ2v) is 14.4. The monoisotopic (exact) mass is 568 g/mol. The molecule has 0 atom stereocenters. The summed E-state index contributed by atoms with van der Waals surface area (Å²) in [6.45, 7) is 16.2. The van der Waals surface area contributed by atoms with E-state index < -0.39 is 17.0 Å². The predicted molar refractivity (Wildman–Crippen MR) is 163 cm³/mol. The predicted octanol–water partition coefficient (Wildman–Crippen LogP) is 8.26. The molecule has 1 N–H and O–H groups in total. The molecule has 0 spiro atoms. The molecule has 0 amide bonds. The van der Waals surface area contributed by atoms with Gasteiger partial charge in [0, 0.05) is 10.8 Å². The maximum Gasteiger partial charge on any atom is 0.309 e. The Balaban J connectivity index is 1.93. The second kappa shape index (κ2) is 13.9. The van der Waals surface area contributed by atoms with E-state index in [2.05, 4.69) is 52.0 Å². The Labute approximate surface area is 247 Å². The standard InChI is InChI=1S/C35H52O6/c1-32(2)20-25(14-9-11-18-34(5,6)31(39)40)29(37)27(22-32)16-13-17-28-23-33(3,4)21-26(30(28)38)15-10-12-19-35(7,8)41-24-36/h20-24H,9-19H2,1-8H3,(H,39,40). The minimum absolute atomic E-state index is 0.0909. The quantitative estimate of drug-likeness (QED) is 0.140. The summed E-state index contributed by atoms with van der Waals surface area (Å²) in [6.07, 6.45) is 16.2. The number of hydrogen-bond acceptors (Lipinski definition) is 5. The van der Waals surface area contributed by atoms with Crippen molar-refractivity contribution >= 4 is 24.0 Å². The van der Waals surface area contributed by atoms with Gasteiger partial charge in [0.15, 0.2) is 11.6 Å². The van der Waals surface area contributed by atoms with Crippen molar-refractivity contribution in [1.82, 2.24) is 0 Å². The van der Waals surface area contributed by atoms with E-state index in [1.54, 1.807) is 13.8 Å². The molecule has 0 aliphatic heterocycles. The second-order valence-electron chi connectivity index (χ2n) is 14.4. The van der Waals surface area contributed by atoms with Crippen LogP contribution in [0, 0.1) is 16.2 Å². The van der Waals surface area contributed by atoms with E-state index in [1.807, 2.05) is 13.8 Å². The number of carbonyl (C=O) groups excluding carboxylic acids is 3. The first-order valence-corrected chi connectivity index (χ1v) is 15.2. The molecule has 0 radical (unpaired) electrons. The van der Waals surface area contributed by atoms with Gasteiger partial charge in [0.1, 0.15) is 5.60 Å². The van der Waals surface area contributed by atoms with Gasteiger partial charge in [0.25, 0.3) is 6.47 Å². The summed E-state index contributed by atoms with van der Waals surface area (Å²) in [4.78, 5) is 48.7. The van der Waals surface area contributed by atoms with Crippen LogP contribution in [-0.4, -0.2) is 34.7 Å². The molecular weight excluding hydrogens is 516 g/mol. The minimum atomic E-state index is -0.792. The number of ether oxygens (including phenoxy) is 1. The zero-order valence-electron chi connectivity index (χ0n) is 26.7. The fourth-order valence-electron chi connectivity index (χ4n) is 5.81. The first-order chi connectivity index (χ1) is 18.9. The molecule has 0 aromatic heterocycles. The van der Waals surface area contributed by atoms with Crippen molar-refractivity contribution in [3.05, 3.63) is 46.6 Å². The third kappa shape index (κ3) is 10.9. The average Bonchev–Trinajstić information content (AvgIpc) is 2.84. The molecule has 0 unspecified atom stereocenters. The SMILES string of the molecule is CC1(C)C=C(CCCCC(C)(C)OC=O)C(=O)C(CCCC2=CC(C)(C)C=C(CCCCC(C)(C)C(=O)O)C2=O)=C1. The fraction of sp³-hybridized carbons (Fsp3) is 0.657. The molecule has 0 saturated heterocycles. The minimum Gasteiger partial charge on any atom is -0.481 e. The van der Waals surface area contributed by atoms with E-state index in [4.69, 9.17) is 4.74 Å². The molecule has 2 rings (SSSR count). The van der Waals surface area contributed by atoms with Gasteiger partial charge < -0.3 is 9.84 Å². The Morgan fingerprint density at radius 2 is 1.07 bits per heavy atom. The maximum atomic E-state index is 13.3. The van der Waals surface area contributed by atoms with E-state index in [-0.39, 0.29) is 22.4 Å². The number of hydrogen-bond donors (Lipinski definition) is 1. The molecule has 0 fully saturated rings. The van der Waals surface area contributed by atoms with E-state index in [0.29, 0.717) is 38.6 Å². The number of aliphatic carboxylic acids is 1. The molecule has 6 heteroatoms. The van der Waals surface area contributed by atoms with Gasteiger partial charge in [-0.25, -0.2) is 0 Å². The van der Waals surface area contributed by atoms with Crippen LogP contribution in [-0.2, 0) is 23.9 Å². The summed E-state index contributed by atoms with van der Waals surface area (Å²) in [6, 6.07) is 0. The number of carboxylic acid groups (broad SMARTS) is 1. The van der Waals surface area contributed by atoms with Crippen LogP contribution in [0.25, 0.3) is 0 Å². The Morgan fingerprint density at radius 3 is 1.44 bits per heavy atom. The van der Waals surface area contributed by atoms with Crippen molar-refractivity contribution in [2.75, 3.05) is 0 Å². The van der Waals surface area contributed by atoms with Gasteiger partial charge >= 0.3 is 5.97 Å². The molecule has 0 bridgehead atoms. The Morgan fingerprint density at radius 1 is 0.707 bits per heavy atom. The van der Waals surface area contributed by atoms with Gasteiger partial charge in [-0.15, -0.1) is 0 Å². The molecule has 6 nitrogen and oxygen atoms in total. The highest BCUT2D eigenvalue weighted by Crippen LogP contribution is 2.37. The number of carboxylic acids is 1. The number of unbranched alkanes of at least 4 members (excludes halogenated alkanes) is 2. The van der Waals surface area contributed by atoms with E-state index in [9.17, 15) is 24.3 Å². The van der Waals surface area contributed by atoms with Crippen LogP contribution >= 0.6 is 0 Å². The highest BCUT2D eigenvalue weighted by molar-refractivity contribution is 6.10. The summed E-state index contributed by atoms with van der Waals surface area (Å²) in [5.74, 6) is -0.588. The van der Waals surface area contributed by atoms with Gasteiger partial charge in [-0.05, 0) is 114 Å². The van der Waals surface area contributed by atoms with E-state index in [1.165, 1.54) is 0 Å². The lowest BCUT2D eigenvalue weighted by Gasteiger charge is -2.27. The van der Waals surface area contributed by atoms with Crippen LogP contribution in [0.3, 0.4) is 0 Å². The molecule has 0 aromatic carbocycles. The fourth-order valence-corrected chi connectivity index (χ4v) is 5.81. The van der Waals surface area contributed by atoms with Crippen LogP contribution in [0.1, 0.15) is 126 Å². The normalized spacial score (nSPS) is 18.7. The van der Waals surface area contributed by atoms with Crippen molar-refractivity contribution in [2.24, 2.45) is 16.2 Å². The molecule has 0 aromatic rings. The zero-order chi connectivity index (χ0) is 31.1. The largest absolute Gasteiger partial charge is 0.481 e. The Kier molecular flexibility index (Phi) is 11.7. The number of rotatable bonds is 17. The molecule has 2 aliphatic rings. The Hall–Kier alpha value is -2.76. The Bertz CT molecular complexity index is 1120. The van der Waals surface area contributed by atoms with Crippen molar-refractivity contribution in [1.29, 1.82) is 0 Å². The number of allylic oxidation sites excluding steroid dienone is 8. The molecule has 0 heterocycles. The summed E-state index contributed by atoms with van der Waals surface area (Å²) < 4.78 is 5.14. The van der Waals surface area contributed by atoms with Crippen LogP contribution < -0.4 is 0 Å². The van der Waals surface area contributed by atoms with Gasteiger partial charge in [-0.3, -0.25) is 19.2 Å². The first-order valence-electron chi connectivity index (χ1n) is 15.2. The summed E-state index contributed by atoms with van der Waals surface area (Å²) >= 11 is 0. The van der Waals surface area contributed by atoms with Crippen LogP contribution in [0.15, 0.2) is 46.6 Å². The van der Waals surface area contributed by atoms with Crippen LogP contribution in [0.4, 0.5) is 0 Å². The molecule has 0 saturated carbocycles. The van der Waals surface area contributed by atoms with Crippen LogP contribution in [0.5, 0.6) is 0 Å². The summed E-state index contributed by atoms with van der Waals surface area (Å²) in [5.41, 5.74) is 1.65. The number of ketones is 2. The number of carbonyl (C=O) groups is 4. The van der Waals surface area contributed by atoms with Gasteiger partial charge in [0.05, 0.1) is 5.41 Å². The van der Waals surface area contributed by atoms with Crippen molar-refractivity contribution < 1.29 is 29.0 Å². The highest BCUT2D eigenvalue weighted by Gasteiger charge is 2.30. The smallest absolute Gasteiger partial charge is 0.309 e. The zero-order valence-corrected chi connectivity index (χ0v) is 26.7. The lowest BCUT2D eigenvalue weighted by Crippen LogP contribution is -2.23. The molecular formula is C35H52O6. The van der Waals surface area contributed by atoms with E-state index in [0.717, 1.165) is 60.8 Å². The van der Waals surface area contributed by atoms with E-state index >= 15 is 0 Å². The van der Waals surface area contributed by atoms with Gasteiger partial charge in [-0.1, -0.05) is 58.4 Å². The topological polar surface area (TPSA) is 97.7 Å². The van der Waals surface area contributed by atoms with Crippen molar-refractivity contribution in [3.63, 3.8) is 0 Å². The first kappa shape index (κ1) is 34.4. The third-order valence-corrected chi connectivity index (χ3v) is 8.16. The van der Waals surface area contributed by atoms with Gasteiger partial charge in [0.2, 0.25) is 0 Å². The van der Waals surface area contributed by atoms with Gasteiger partial charge in [-0.2, -0.15) is 0 Å². The summed E-state index contributed by atoms with van der Waals surface area (Å²) in [7, 11) is 0. The summed E-state index contributed by atoms with van der Waals surface area (Å²) in [5, 5.41) is 9.35. The lowest BCUT2D eigenvalue weighted by molar-refractivity contribution is -0.147. The van der Waals surface area contributed by atoms with Crippen molar-refractivity contribution in [3.8, 4) is 0 Å². The maximum absolute atomic E-state index is 13.3. The third-order valence-electron chi connectivity index (χ3n) is 8.16. The highest BCUT2D eigenvalue weighted by atomic mass is 16.5. The molecule has 41 heavy (non-hydrogen) atoms. The van der Waals surface area contributed by atoms with Crippen LogP contribution in [0.2, 0.25) is 0 Å².